The number of rotatable bonds is 3. The van der Waals surface area contributed by atoms with E-state index >= 15 is 0 Å². The van der Waals surface area contributed by atoms with E-state index < -0.39 is 25.9 Å². The Morgan fingerprint density at radius 3 is 2.05 bits per heavy atom. The number of carbonyl (C=O) groups is 2. The van der Waals surface area contributed by atoms with Gasteiger partial charge in [-0.3, -0.25) is 0 Å². The lowest BCUT2D eigenvalue weighted by molar-refractivity contribution is 0.0395. The molecule has 108 valence electrons. The number of benzene rings is 2. The summed E-state index contributed by atoms with van der Waals surface area (Å²) in [7, 11) is 1.12. The molecule has 0 atom stereocenters. The smallest absolute Gasteiger partial charge is 0.347 e. The van der Waals surface area contributed by atoms with Crippen LogP contribution in [-0.4, -0.2) is 20.4 Å². The van der Waals surface area contributed by atoms with Gasteiger partial charge in [0.15, 0.2) is 0 Å². The van der Waals surface area contributed by atoms with Gasteiger partial charge in [0.25, 0.3) is 9.05 Å². The zero-order valence-corrected chi connectivity index (χ0v) is 12.1. The fourth-order valence-electron chi connectivity index (χ4n) is 1.62. The molecule has 0 unspecified atom stereocenters. The molecule has 0 fully saturated rings. The maximum absolute atomic E-state index is 11.9. The molecule has 2 aromatic rings. The van der Waals surface area contributed by atoms with Crippen LogP contribution in [0.3, 0.4) is 0 Å². The summed E-state index contributed by atoms with van der Waals surface area (Å²) >= 11 is 0. The standard InChI is InChI=1S/C14H9ClO5S/c15-21(18,19)12-9-5-4-8-11(12)14(17)20-13(16)10-6-2-1-3-7-10/h1-9H. The summed E-state index contributed by atoms with van der Waals surface area (Å²) in [5.74, 6) is -1.95. The third-order valence-corrected chi connectivity index (χ3v) is 3.94. The predicted molar refractivity (Wildman–Crippen MR) is 75.7 cm³/mol. The molecule has 21 heavy (non-hydrogen) atoms. The Balaban J connectivity index is 2.28. The summed E-state index contributed by atoms with van der Waals surface area (Å²) < 4.78 is 27.4. The van der Waals surface area contributed by atoms with Crippen LogP contribution in [0, 0.1) is 0 Å². The van der Waals surface area contributed by atoms with Gasteiger partial charge in [0.05, 0.1) is 16.0 Å². The van der Waals surface area contributed by atoms with Crippen molar-refractivity contribution in [2.75, 3.05) is 0 Å². The summed E-state index contributed by atoms with van der Waals surface area (Å²) in [6.45, 7) is 0. The molecule has 0 aliphatic rings. The van der Waals surface area contributed by atoms with Crippen molar-refractivity contribution in [1.29, 1.82) is 0 Å². The third kappa shape index (κ3) is 3.68. The summed E-state index contributed by atoms with van der Waals surface area (Å²) in [6, 6.07) is 13.1. The maximum atomic E-state index is 11.9. The molecule has 0 bridgehead atoms. The molecular formula is C14H9ClO5S. The molecule has 0 heterocycles. The SMILES string of the molecule is O=C(OC(=O)c1ccccc1S(=O)(=O)Cl)c1ccccc1. The van der Waals surface area contributed by atoms with Crippen molar-refractivity contribution in [1.82, 2.24) is 0 Å². The monoisotopic (exact) mass is 324 g/mol. The minimum atomic E-state index is -4.12. The van der Waals surface area contributed by atoms with Crippen molar-refractivity contribution in [2.45, 2.75) is 4.90 Å². The van der Waals surface area contributed by atoms with E-state index in [1.165, 1.54) is 30.3 Å². The van der Waals surface area contributed by atoms with Gasteiger partial charge < -0.3 is 4.74 Å². The molecule has 0 radical (unpaired) electrons. The molecule has 7 heteroatoms. The summed E-state index contributed by atoms with van der Waals surface area (Å²) in [6.07, 6.45) is 0. The highest BCUT2D eigenvalue weighted by Crippen LogP contribution is 2.20. The Morgan fingerprint density at radius 2 is 1.43 bits per heavy atom. The van der Waals surface area contributed by atoms with Gasteiger partial charge in [-0.05, 0) is 24.3 Å². The van der Waals surface area contributed by atoms with Crippen molar-refractivity contribution in [2.24, 2.45) is 0 Å². The van der Waals surface area contributed by atoms with E-state index in [2.05, 4.69) is 4.74 Å². The minimum Gasteiger partial charge on any atom is -0.386 e. The number of ether oxygens (including phenoxy) is 1. The lowest BCUT2D eigenvalue weighted by atomic mass is 10.2. The fourth-order valence-corrected chi connectivity index (χ4v) is 2.68. The van der Waals surface area contributed by atoms with Gasteiger partial charge in [-0.2, -0.15) is 0 Å². The van der Waals surface area contributed by atoms with Gasteiger partial charge in [-0.25, -0.2) is 18.0 Å². The van der Waals surface area contributed by atoms with Crippen molar-refractivity contribution in [3.8, 4) is 0 Å². The van der Waals surface area contributed by atoms with Crippen LogP contribution in [0.2, 0.25) is 0 Å². The van der Waals surface area contributed by atoms with Gasteiger partial charge in [-0.1, -0.05) is 30.3 Å². The van der Waals surface area contributed by atoms with Crippen LogP contribution in [0.5, 0.6) is 0 Å². The highest BCUT2D eigenvalue weighted by Gasteiger charge is 2.23. The van der Waals surface area contributed by atoms with E-state index in [1.54, 1.807) is 18.2 Å². The van der Waals surface area contributed by atoms with Gasteiger partial charge in [0.2, 0.25) is 0 Å². The van der Waals surface area contributed by atoms with E-state index in [4.69, 9.17) is 10.7 Å². The quantitative estimate of drug-likeness (QED) is 0.492. The van der Waals surface area contributed by atoms with Gasteiger partial charge >= 0.3 is 11.9 Å². The Labute approximate surface area is 125 Å². The molecule has 0 saturated heterocycles. The first kappa shape index (κ1) is 15.2. The molecule has 0 aliphatic heterocycles. The van der Waals surface area contributed by atoms with E-state index in [1.807, 2.05) is 0 Å². The van der Waals surface area contributed by atoms with Crippen LogP contribution in [-0.2, 0) is 13.8 Å². The number of hydrogen-bond donors (Lipinski definition) is 0. The molecule has 5 nitrogen and oxygen atoms in total. The summed E-state index contributed by atoms with van der Waals surface area (Å²) in [5, 5.41) is 0. The van der Waals surface area contributed by atoms with E-state index in [0.29, 0.717) is 0 Å². The van der Waals surface area contributed by atoms with Crippen LogP contribution < -0.4 is 0 Å². The van der Waals surface area contributed by atoms with Crippen LogP contribution in [0.1, 0.15) is 20.7 Å². The van der Waals surface area contributed by atoms with E-state index in [-0.39, 0.29) is 11.1 Å². The molecule has 0 N–H and O–H groups in total. The summed E-state index contributed by atoms with van der Waals surface area (Å²) in [5.41, 5.74) is -0.117. The Bertz CT molecular complexity index is 784. The first-order chi connectivity index (χ1) is 9.89. The number of esters is 2. The molecule has 0 aliphatic carbocycles. The molecule has 2 rings (SSSR count). The number of hydrogen-bond acceptors (Lipinski definition) is 5. The lowest BCUT2D eigenvalue weighted by Crippen LogP contribution is -2.15. The van der Waals surface area contributed by atoms with Gasteiger partial charge in [-0.15, -0.1) is 0 Å². The average molecular weight is 325 g/mol. The van der Waals surface area contributed by atoms with Crippen molar-refractivity contribution in [3.63, 3.8) is 0 Å². The first-order valence-corrected chi connectivity index (χ1v) is 8.06. The Kier molecular flexibility index (Phi) is 4.40. The molecule has 0 aromatic heterocycles. The normalized spacial score (nSPS) is 10.9. The Morgan fingerprint density at radius 1 is 0.857 bits per heavy atom. The molecule has 0 spiro atoms. The minimum absolute atomic E-state index is 0.178. The fraction of sp³-hybridized carbons (Fsp3) is 0. The number of halogens is 1. The van der Waals surface area contributed by atoms with Crippen molar-refractivity contribution >= 4 is 31.7 Å². The van der Waals surface area contributed by atoms with Crippen LogP contribution >= 0.6 is 10.7 Å². The van der Waals surface area contributed by atoms with E-state index in [0.717, 1.165) is 6.07 Å². The second-order valence-corrected chi connectivity index (χ2v) is 6.51. The molecule has 0 amide bonds. The predicted octanol–water partition coefficient (Wildman–Crippen LogP) is 2.61. The van der Waals surface area contributed by atoms with Gasteiger partial charge in [0, 0.05) is 10.7 Å². The highest BCUT2D eigenvalue weighted by molar-refractivity contribution is 8.13. The zero-order chi connectivity index (χ0) is 15.5. The zero-order valence-electron chi connectivity index (χ0n) is 10.5. The topological polar surface area (TPSA) is 77.5 Å². The number of carbonyl (C=O) groups excluding carboxylic acids is 2. The van der Waals surface area contributed by atoms with Crippen LogP contribution in [0.15, 0.2) is 59.5 Å². The third-order valence-electron chi connectivity index (χ3n) is 2.56. The average Bonchev–Trinajstić information content (AvgIpc) is 2.47. The van der Waals surface area contributed by atoms with Gasteiger partial charge in [0.1, 0.15) is 0 Å². The maximum Gasteiger partial charge on any atom is 0.347 e. The van der Waals surface area contributed by atoms with Crippen molar-refractivity contribution in [3.05, 3.63) is 65.7 Å². The second kappa shape index (κ2) is 6.07. The highest BCUT2D eigenvalue weighted by atomic mass is 35.7. The summed E-state index contributed by atoms with van der Waals surface area (Å²) in [4.78, 5) is 23.3. The Hall–Kier alpha value is -2.18. The lowest BCUT2D eigenvalue weighted by Gasteiger charge is -2.06. The largest absolute Gasteiger partial charge is 0.386 e. The second-order valence-electron chi connectivity index (χ2n) is 3.98. The van der Waals surface area contributed by atoms with Crippen LogP contribution in [0.25, 0.3) is 0 Å². The molecular weight excluding hydrogens is 316 g/mol. The van der Waals surface area contributed by atoms with Crippen LogP contribution in [0.4, 0.5) is 0 Å². The van der Waals surface area contributed by atoms with Crippen molar-refractivity contribution < 1.29 is 22.7 Å². The molecule has 2 aromatic carbocycles. The van der Waals surface area contributed by atoms with E-state index in [9.17, 15) is 18.0 Å². The molecule has 0 saturated carbocycles. The first-order valence-electron chi connectivity index (χ1n) is 5.75.